The highest BCUT2D eigenvalue weighted by molar-refractivity contribution is 5.10. The molecule has 0 aliphatic rings. The van der Waals surface area contributed by atoms with Gasteiger partial charge < -0.3 is 5.32 Å². The number of rotatable bonds is 4. The van der Waals surface area contributed by atoms with Gasteiger partial charge in [-0.1, -0.05) is 26.8 Å². The van der Waals surface area contributed by atoms with Crippen LogP contribution in [0.5, 0.6) is 0 Å². The van der Waals surface area contributed by atoms with Crippen LogP contribution in [0.4, 0.5) is 0 Å². The van der Waals surface area contributed by atoms with Crippen molar-refractivity contribution in [3.8, 4) is 0 Å². The Morgan fingerprint density at radius 2 is 1.76 bits per heavy atom. The molecular formula is C15H26N2. The summed E-state index contributed by atoms with van der Waals surface area (Å²) in [7, 11) is 0. The molecule has 0 bridgehead atoms. The number of hydrogen-bond donors (Lipinski definition) is 1. The van der Waals surface area contributed by atoms with E-state index < -0.39 is 0 Å². The highest BCUT2D eigenvalue weighted by Gasteiger charge is 2.24. The molecule has 0 amide bonds. The molecule has 0 aliphatic carbocycles. The van der Waals surface area contributed by atoms with Crippen LogP contribution in [0.3, 0.4) is 0 Å². The van der Waals surface area contributed by atoms with Gasteiger partial charge >= 0.3 is 0 Å². The maximum Gasteiger partial charge on any atom is 0.0545 e. The number of nitrogens with zero attached hydrogens (tertiary/aromatic N) is 1. The maximum atomic E-state index is 4.51. The molecule has 1 rings (SSSR count). The van der Waals surface area contributed by atoms with Gasteiger partial charge in [0, 0.05) is 17.8 Å². The molecular weight excluding hydrogens is 208 g/mol. The predicted octanol–water partition coefficient (Wildman–Crippen LogP) is 3.69. The van der Waals surface area contributed by atoms with E-state index in [1.54, 1.807) is 0 Å². The Labute approximate surface area is 106 Å². The van der Waals surface area contributed by atoms with E-state index in [9.17, 15) is 0 Å². The monoisotopic (exact) mass is 234 g/mol. The van der Waals surface area contributed by atoms with Gasteiger partial charge in [0.25, 0.3) is 0 Å². The van der Waals surface area contributed by atoms with E-state index in [1.165, 1.54) is 0 Å². The number of aryl methyl sites for hydroxylation is 1. The second kappa shape index (κ2) is 5.18. The third-order valence-corrected chi connectivity index (χ3v) is 2.67. The highest BCUT2D eigenvalue weighted by atomic mass is 15.0. The second-order valence-corrected chi connectivity index (χ2v) is 6.75. The summed E-state index contributed by atoms with van der Waals surface area (Å²) in [5.41, 5.74) is 2.69. The van der Waals surface area contributed by atoms with Gasteiger partial charge in [0.1, 0.15) is 0 Å². The van der Waals surface area contributed by atoms with Crippen LogP contribution in [-0.4, -0.2) is 10.5 Å². The standard InChI is InChI=1S/C15H26N2/c1-12-8-7-9-13(17-12)10-16-15(5,6)11-14(2,3)4/h7-9,16H,10-11H2,1-6H3. The van der Waals surface area contributed by atoms with Gasteiger partial charge in [-0.3, -0.25) is 4.98 Å². The Morgan fingerprint density at radius 1 is 1.12 bits per heavy atom. The first kappa shape index (κ1) is 14.2. The molecule has 0 aromatic carbocycles. The lowest BCUT2D eigenvalue weighted by atomic mass is 9.82. The summed E-state index contributed by atoms with van der Waals surface area (Å²) in [4.78, 5) is 4.51. The van der Waals surface area contributed by atoms with Crippen LogP contribution in [0.15, 0.2) is 18.2 Å². The van der Waals surface area contributed by atoms with Crippen molar-refractivity contribution in [2.24, 2.45) is 5.41 Å². The van der Waals surface area contributed by atoms with Crippen molar-refractivity contribution in [2.75, 3.05) is 0 Å². The largest absolute Gasteiger partial charge is 0.306 e. The van der Waals surface area contributed by atoms with Gasteiger partial charge in [-0.15, -0.1) is 0 Å². The third kappa shape index (κ3) is 5.83. The molecule has 2 nitrogen and oxygen atoms in total. The summed E-state index contributed by atoms with van der Waals surface area (Å²) in [6.07, 6.45) is 1.14. The molecule has 0 saturated heterocycles. The van der Waals surface area contributed by atoms with Gasteiger partial charge in [0.2, 0.25) is 0 Å². The fraction of sp³-hybridized carbons (Fsp3) is 0.667. The summed E-state index contributed by atoms with van der Waals surface area (Å²) >= 11 is 0. The van der Waals surface area contributed by atoms with Crippen LogP contribution in [0.1, 0.15) is 52.4 Å². The van der Waals surface area contributed by atoms with E-state index in [-0.39, 0.29) is 5.54 Å². The van der Waals surface area contributed by atoms with Gasteiger partial charge in [-0.2, -0.15) is 0 Å². The minimum Gasteiger partial charge on any atom is -0.306 e. The van der Waals surface area contributed by atoms with E-state index in [4.69, 9.17) is 0 Å². The SMILES string of the molecule is Cc1cccc(CNC(C)(C)CC(C)(C)C)n1. The topological polar surface area (TPSA) is 24.9 Å². The average Bonchev–Trinajstić information content (AvgIpc) is 2.11. The molecule has 0 saturated carbocycles. The summed E-state index contributed by atoms with van der Waals surface area (Å²) < 4.78 is 0. The number of pyridine rings is 1. The molecule has 0 spiro atoms. The van der Waals surface area contributed by atoms with E-state index in [0.29, 0.717) is 5.41 Å². The van der Waals surface area contributed by atoms with Gasteiger partial charge in [-0.05, 0) is 44.7 Å². The van der Waals surface area contributed by atoms with E-state index >= 15 is 0 Å². The number of hydrogen-bond acceptors (Lipinski definition) is 2. The van der Waals surface area contributed by atoms with Crippen molar-refractivity contribution in [1.82, 2.24) is 10.3 Å². The molecule has 17 heavy (non-hydrogen) atoms. The fourth-order valence-electron chi connectivity index (χ4n) is 2.42. The van der Waals surface area contributed by atoms with Crippen LogP contribution in [-0.2, 0) is 6.54 Å². The van der Waals surface area contributed by atoms with Crippen molar-refractivity contribution in [2.45, 2.75) is 60.0 Å². The minimum absolute atomic E-state index is 0.143. The Balaban J connectivity index is 2.55. The Morgan fingerprint density at radius 3 is 2.29 bits per heavy atom. The van der Waals surface area contributed by atoms with Crippen molar-refractivity contribution >= 4 is 0 Å². The number of nitrogens with one attached hydrogen (secondary N) is 1. The lowest BCUT2D eigenvalue weighted by molar-refractivity contribution is 0.240. The molecule has 2 heteroatoms. The van der Waals surface area contributed by atoms with Crippen LogP contribution < -0.4 is 5.32 Å². The third-order valence-electron chi connectivity index (χ3n) is 2.67. The molecule has 0 atom stereocenters. The number of aromatic nitrogens is 1. The molecule has 0 fully saturated rings. The van der Waals surface area contributed by atoms with Crippen LogP contribution in [0.25, 0.3) is 0 Å². The van der Waals surface area contributed by atoms with Crippen LogP contribution in [0, 0.1) is 12.3 Å². The van der Waals surface area contributed by atoms with Crippen molar-refractivity contribution in [3.05, 3.63) is 29.6 Å². The van der Waals surface area contributed by atoms with Gasteiger partial charge in [0.05, 0.1) is 5.69 Å². The quantitative estimate of drug-likeness (QED) is 0.859. The first-order chi connectivity index (χ1) is 7.68. The normalized spacial score (nSPS) is 12.8. The minimum atomic E-state index is 0.143. The lowest BCUT2D eigenvalue weighted by Gasteiger charge is -2.33. The van der Waals surface area contributed by atoms with E-state index in [0.717, 1.165) is 24.4 Å². The summed E-state index contributed by atoms with van der Waals surface area (Å²) in [5.74, 6) is 0. The van der Waals surface area contributed by atoms with Crippen molar-refractivity contribution in [3.63, 3.8) is 0 Å². The van der Waals surface area contributed by atoms with Crippen LogP contribution >= 0.6 is 0 Å². The first-order valence-corrected chi connectivity index (χ1v) is 6.36. The maximum absolute atomic E-state index is 4.51. The zero-order valence-corrected chi connectivity index (χ0v) is 12.1. The predicted molar refractivity (Wildman–Crippen MR) is 74.0 cm³/mol. The molecule has 0 aliphatic heterocycles. The smallest absolute Gasteiger partial charge is 0.0545 e. The average molecular weight is 234 g/mol. The van der Waals surface area contributed by atoms with Gasteiger partial charge in [0.15, 0.2) is 0 Å². The zero-order chi connectivity index (χ0) is 13.1. The molecule has 0 unspecified atom stereocenters. The second-order valence-electron chi connectivity index (χ2n) is 6.75. The lowest BCUT2D eigenvalue weighted by Crippen LogP contribution is -2.42. The Kier molecular flexibility index (Phi) is 4.31. The molecule has 96 valence electrons. The van der Waals surface area contributed by atoms with Crippen LogP contribution in [0.2, 0.25) is 0 Å². The van der Waals surface area contributed by atoms with Crippen molar-refractivity contribution < 1.29 is 0 Å². The van der Waals surface area contributed by atoms with E-state index in [1.807, 2.05) is 13.0 Å². The fourth-order valence-corrected chi connectivity index (χ4v) is 2.42. The molecule has 1 aromatic heterocycles. The molecule has 0 radical (unpaired) electrons. The summed E-state index contributed by atoms with van der Waals surface area (Å²) in [6, 6.07) is 6.17. The molecule has 1 heterocycles. The van der Waals surface area contributed by atoms with Gasteiger partial charge in [-0.25, -0.2) is 0 Å². The zero-order valence-electron chi connectivity index (χ0n) is 12.1. The van der Waals surface area contributed by atoms with E-state index in [2.05, 4.69) is 57.1 Å². The Hall–Kier alpha value is -0.890. The first-order valence-electron chi connectivity index (χ1n) is 6.36. The summed E-state index contributed by atoms with van der Waals surface area (Å²) in [6.45, 7) is 14.2. The molecule has 1 N–H and O–H groups in total. The Bertz CT molecular complexity index is 361. The van der Waals surface area contributed by atoms with Crippen molar-refractivity contribution in [1.29, 1.82) is 0 Å². The highest BCUT2D eigenvalue weighted by Crippen LogP contribution is 2.26. The molecule has 1 aromatic rings. The summed E-state index contributed by atoms with van der Waals surface area (Å²) in [5, 5.41) is 3.60.